The molecular formula is C23H26O5. The van der Waals surface area contributed by atoms with Crippen molar-refractivity contribution in [1.82, 2.24) is 0 Å². The first kappa shape index (κ1) is 21.1. The molecule has 28 heavy (non-hydrogen) atoms. The highest BCUT2D eigenvalue weighted by atomic mass is 16.5. The number of hydrogen-bond donors (Lipinski definition) is 0. The molecule has 0 bridgehead atoms. The molecule has 0 unspecified atom stereocenters. The SMILES string of the molecule is COc1cc(C)cc(OC)c1C=CC(=O)C=Cc1c(OC)cc(C)cc1OC. The summed E-state index contributed by atoms with van der Waals surface area (Å²) in [7, 11) is 6.35. The summed E-state index contributed by atoms with van der Waals surface area (Å²) < 4.78 is 21.6. The van der Waals surface area contributed by atoms with E-state index in [9.17, 15) is 4.79 Å². The van der Waals surface area contributed by atoms with E-state index < -0.39 is 0 Å². The number of hydrogen-bond acceptors (Lipinski definition) is 5. The lowest BCUT2D eigenvalue weighted by molar-refractivity contribution is -0.110. The molecule has 0 radical (unpaired) electrons. The molecule has 2 aromatic rings. The van der Waals surface area contributed by atoms with Crippen molar-refractivity contribution in [3.63, 3.8) is 0 Å². The number of carbonyl (C=O) groups is 1. The normalized spacial score (nSPS) is 11.1. The molecule has 0 spiro atoms. The number of allylic oxidation sites excluding steroid dienone is 2. The van der Waals surface area contributed by atoms with Gasteiger partial charge in [0.2, 0.25) is 0 Å². The zero-order chi connectivity index (χ0) is 20.7. The zero-order valence-electron chi connectivity index (χ0n) is 17.2. The molecule has 5 heteroatoms. The topological polar surface area (TPSA) is 54.0 Å². The molecule has 0 fully saturated rings. The van der Waals surface area contributed by atoms with E-state index in [1.54, 1.807) is 40.6 Å². The molecule has 0 aliphatic rings. The first-order chi connectivity index (χ1) is 13.4. The van der Waals surface area contributed by atoms with Gasteiger partial charge in [-0.3, -0.25) is 4.79 Å². The molecule has 0 amide bonds. The van der Waals surface area contributed by atoms with Crippen LogP contribution in [-0.4, -0.2) is 34.2 Å². The monoisotopic (exact) mass is 382 g/mol. The minimum atomic E-state index is -0.186. The van der Waals surface area contributed by atoms with Crippen LogP contribution in [0.3, 0.4) is 0 Å². The third-order valence-electron chi connectivity index (χ3n) is 4.21. The highest BCUT2D eigenvalue weighted by molar-refractivity contribution is 6.05. The van der Waals surface area contributed by atoms with Gasteiger partial charge in [-0.15, -0.1) is 0 Å². The van der Waals surface area contributed by atoms with Gasteiger partial charge in [0, 0.05) is 0 Å². The number of rotatable bonds is 8. The van der Waals surface area contributed by atoms with Crippen LogP contribution < -0.4 is 18.9 Å². The second-order valence-corrected chi connectivity index (χ2v) is 6.24. The van der Waals surface area contributed by atoms with Crippen LogP contribution in [-0.2, 0) is 4.79 Å². The van der Waals surface area contributed by atoms with Crippen molar-refractivity contribution in [3.8, 4) is 23.0 Å². The fourth-order valence-electron chi connectivity index (χ4n) is 2.85. The van der Waals surface area contributed by atoms with Gasteiger partial charge in [-0.2, -0.15) is 0 Å². The number of ether oxygens (including phenoxy) is 4. The molecular weight excluding hydrogens is 356 g/mol. The Kier molecular flexibility index (Phi) is 7.27. The minimum absolute atomic E-state index is 0.186. The molecule has 0 aliphatic carbocycles. The smallest absolute Gasteiger partial charge is 0.178 e. The van der Waals surface area contributed by atoms with Crippen molar-refractivity contribution < 1.29 is 23.7 Å². The molecule has 148 valence electrons. The molecule has 5 nitrogen and oxygen atoms in total. The molecule has 2 rings (SSSR count). The predicted molar refractivity (Wildman–Crippen MR) is 112 cm³/mol. The molecule has 0 aromatic heterocycles. The Morgan fingerprint density at radius 1 is 0.643 bits per heavy atom. The summed E-state index contributed by atoms with van der Waals surface area (Å²) in [4.78, 5) is 12.4. The molecule has 0 saturated heterocycles. The lowest BCUT2D eigenvalue weighted by atomic mass is 10.1. The summed E-state index contributed by atoms with van der Waals surface area (Å²) in [5, 5.41) is 0. The van der Waals surface area contributed by atoms with Crippen LogP contribution >= 0.6 is 0 Å². The van der Waals surface area contributed by atoms with Crippen molar-refractivity contribution in [1.29, 1.82) is 0 Å². The molecule has 0 atom stereocenters. The first-order valence-electron chi connectivity index (χ1n) is 8.78. The van der Waals surface area contributed by atoms with Gasteiger partial charge < -0.3 is 18.9 Å². The third-order valence-corrected chi connectivity index (χ3v) is 4.21. The summed E-state index contributed by atoms with van der Waals surface area (Å²) in [6.45, 7) is 3.91. The van der Waals surface area contributed by atoms with Gasteiger partial charge in [0.1, 0.15) is 23.0 Å². The lowest BCUT2D eigenvalue weighted by Gasteiger charge is -2.11. The number of aryl methyl sites for hydroxylation is 2. The maximum absolute atomic E-state index is 12.4. The summed E-state index contributed by atoms with van der Waals surface area (Å²) in [5.41, 5.74) is 3.44. The molecule has 0 saturated carbocycles. The van der Waals surface area contributed by atoms with Gasteiger partial charge >= 0.3 is 0 Å². The Morgan fingerprint density at radius 3 is 1.18 bits per heavy atom. The van der Waals surface area contributed by atoms with Crippen LogP contribution in [0.15, 0.2) is 36.4 Å². The minimum Gasteiger partial charge on any atom is -0.496 e. The summed E-state index contributed by atoms with van der Waals surface area (Å²) in [6.07, 6.45) is 6.32. The standard InChI is InChI=1S/C23H26O5/c1-15-11-20(25-3)18(21(12-15)26-4)9-7-17(24)8-10-19-22(27-5)13-16(2)14-23(19)28-6/h7-14H,1-6H3. The van der Waals surface area contributed by atoms with E-state index in [1.165, 1.54) is 12.2 Å². The fourth-order valence-corrected chi connectivity index (χ4v) is 2.85. The molecule has 0 heterocycles. The number of benzene rings is 2. The van der Waals surface area contributed by atoms with Gasteiger partial charge in [-0.1, -0.05) is 0 Å². The fraction of sp³-hybridized carbons (Fsp3) is 0.261. The molecule has 0 N–H and O–H groups in total. The number of ketones is 1. The summed E-state index contributed by atoms with van der Waals surface area (Å²) in [5.74, 6) is 2.39. The molecule has 2 aromatic carbocycles. The summed E-state index contributed by atoms with van der Waals surface area (Å²) in [6, 6.07) is 7.57. The average molecular weight is 382 g/mol. The third kappa shape index (κ3) is 4.94. The number of carbonyl (C=O) groups excluding carboxylic acids is 1. The van der Waals surface area contributed by atoms with Gasteiger partial charge in [0.15, 0.2) is 5.78 Å². The van der Waals surface area contributed by atoms with Crippen molar-refractivity contribution in [2.75, 3.05) is 28.4 Å². The quantitative estimate of drug-likeness (QED) is 0.623. The Labute approximate surface area is 166 Å². The van der Waals surface area contributed by atoms with Crippen LogP contribution in [0.2, 0.25) is 0 Å². The van der Waals surface area contributed by atoms with Gasteiger partial charge in [-0.25, -0.2) is 0 Å². The van der Waals surface area contributed by atoms with Gasteiger partial charge in [-0.05, 0) is 73.5 Å². The van der Waals surface area contributed by atoms with Crippen molar-refractivity contribution >= 4 is 17.9 Å². The van der Waals surface area contributed by atoms with Crippen LogP contribution in [0, 0.1) is 13.8 Å². The Bertz CT molecular complexity index is 786. The average Bonchev–Trinajstić information content (AvgIpc) is 2.70. The summed E-state index contributed by atoms with van der Waals surface area (Å²) >= 11 is 0. The van der Waals surface area contributed by atoms with E-state index in [0.29, 0.717) is 34.1 Å². The van der Waals surface area contributed by atoms with E-state index in [-0.39, 0.29) is 5.78 Å². The van der Waals surface area contributed by atoms with Crippen molar-refractivity contribution in [3.05, 3.63) is 58.7 Å². The maximum Gasteiger partial charge on any atom is 0.178 e. The number of methoxy groups -OCH3 is 4. The highest BCUT2D eigenvalue weighted by Crippen LogP contribution is 2.33. The largest absolute Gasteiger partial charge is 0.496 e. The van der Waals surface area contributed by atoms with E-state index in [0.717, 1.165) is 11.1 Å². The lowest BCUT2D eigenvalue weighted by Crippen LogP contribution is -1.95. The maximum atomic E-state index is 12.4. The van der Waals surface area contributed by atoms with Gasteiger partial charge in [0.25, 0.3) is 0 Å². The van der Waals surface area contributed by atoms with Crippen molar-refractivity contribution in [2.45, 2.75) is 13.8 Å². The van der Waals surface area contributed by atoms with Gasteiger partial charge in [0.05, 0.1) is 39.6 Å². The molecule has 0 aliphatic heterocycles. The highest BCUT2D eigenvalue weighted by Gasteiger charge is 2.10. The van der Waals surface area contributed by atoms with E-state index >= 15 is 0 Å². The van der Waals surface area contributed by atoms with Crippen LogP contribution in [0.4, 0.5) is 0 Å². The Hall–Kier alpha value is -3.21. The van der Waals surface area contributed by atoms with E-state index in [2.05, 4.69) is 0 Å². The van der Waals surface area contributed by atoms with E-state index in [4.69, 9.17) is 18.9 Å². The van der Waals surface area contributed by atoms with Crippen LogP contribution in [0.1, 0.15) is 22.3 Å². The Balaban J connectivity index is 2.31. The predicted octanol–water partition coefficient (Wildman–Crippen LogP) is 4.63. The first-order valence-corrected chi connectivity index (χ1v) is 8.78. The second-order valence-electron chi connectivity index (χ2n) is 6.24. The van der Waals surface area contributed by atoms with Crippen LogP contribution in [0.5, 0.6) is 23.0 Å². The Morgan fingerprint density at radius 2 is 0.929 bits per heavy atom. The zero-order valence-corrected chi connectivity index (χ0v) is 17.2. The second kappa shape index (κ2) is 9.65. The van der Waals surface area contributed by atoms with Crippen LogP contribution in [0.25, 0.3) is 12.2 Å². The van der Waals surface area contributed by atoms with E-state index in [1.807, 2.05) is 38.1 Å². The van der Waals surface area contributed by atoms with Crippen molar-refractivity contribution in [2.24, 2.45) is 0 Å².